The predicted molar refractivity (Wildman–Crippen MR) is 77.4 cm³/mol. The Morgan fingerprint density at radius 1 is 1.33 bits per heavy atom. The van der Waals surface area contributed by atoms with Gasteiger partial charge < -0.3 is 10.4 Å². The molecule has 0 saturated heterocycles. The van der Waals surface area contributed by atoms with Gasteiger partial charge in [0, 0.05) is 31.1 Å². The zero-order valence-corrected chi connectivity index (χ0v) is 11.9. The number of aliphatic hydroxyl groups is 1. The number of alkyl halides is 2. The molecule has 0 atom stereocenters. The van der Waals surface area contributed by atoms with Crippen molar-refractivity contribution in [1.29, 1.82) is 0 Å². The lowest BCUT2D eigenvalue weighted by Crippen LogP contribution is -2.31. The Labute approximate surface area is 123 Å². The number of aliphatic hydroxyl groups excluding tert-OH is 1. The Kier molecular flexibility index (Phi) is 5.28. The van der Waals surface area contributed by atoms with Crippen LogP contribution in [-0.4, -0.2) is 23.5 Å². The summed E-state index contributed by atoms with van der Waals surface area (Å²) < 4.78 is 26.2. The molecule has 116 valence electrons. The first-order chi connectivity index (χ1) is 10.00. The van der Waals surface area contributed by atoms with E-state index in [1.165, 1.54) is 0 Å². The molecule has 21 heavy (non-hydrogen) atoms. The van der Waals surface area contributed by atoms with Crippen LogP contribution in [0.5, 0.6) is 0 Å². The molecule has 1 aromatic rings. The summed E-state index contributed by atoms with van der Waals surface area (Å²) >= 11 is 0. The number of anilines is 1. The number of rotatable bonds is 5. The molecule has 0 aliphatic heterocycles. The van der Waals surface area contributed by atoms with Crippen molar-refractivity contribution in [3.63, 3.8) is 0 Å². The number of halogens is 2. The molecular weight excluding hydrogens is 276 g/mol. The fraction of sp³-hybridized carbons (Fsp3) is 0.562. The summed E-state index contributed by atoms with van der Waals surface area (Å²) in [6.45, 7) is 0.132. The first-order valence-electron chi connectivity index (χ1n) is 7.39. The second kappa shape index (κ2) is 6.98. The van der Waals surface area contributed by atoms with Crippen LogP contribution in [0, 0.1) is 5.92 Å². The van der Waals surface area contributed by atoms with Gasteiger partial charge in [-0.2, -0.15) is 0 Å². The summed E-state index contributed by atoms with van der Waals surface area (Å²) in [5.41, 5.74) is 1.73. The summed E-state index contributed by atoms with van der Waals surface area (Å²) in [6, 6.07) is 7.44. The molecule has 1 amide bonds. The van der Waals surface area contributed by atoms with Crippen LogP contribution in [-0.2, 0) is 11.2 Å². The Bertz CT molecular complexity index is 481. The topological polar surface area (TPSA) is 49.3 Å². The molecule has 0 aromatic heterocycles. The standard InChI is InChI=1S/C16H21F2NO2/c17-16(18)8-6-13(7-9-16)15(21)19-14-5-1-3-12(11-14)4-2-10-20/h1,3,5,11,13,20H,2,4,6-10H2,(H,19,21). The third-order valence-electron chi connectivity index (χ3n) is 3.91. The first kappa shape index (κ1) is 15.9. The van der Waals surface area contributed by atoms with Gasteiger partial charge in [-0.05, 0) is 43.4 Å². The molecule has 2 N–H and O–H groups in total. The normalized spacial score (nSPS) is 18.4. The lowest BCUT2D eigenvalue weighted by molar-refractivity contribution is -0.124. The summed E-state index contributed by atoms with van der Waals surface area (Å²) in [4.78, 5) is 12.1. The predicted octanol–water partition coefficient (Wildman–Crippen LogP) is 3.38. The van der Waals surface area contributed by atoms with E-state index >= 15 is 0 Å². The van der Waals surface area contributed by atoms with Gasteiger partial charge in [-0.15, -0.1) is 0 Å². The molecule has 3 nitrogen and oxygen atoms in total. The van der Waals surface area contributed by atoms with Crippen molar-refractivity contribution in [2.75, 3.05) is 11.9 Å². The minimum atomic E-state index is -2.61. The van der Waals surface area contributed by atoms with Crippen molar-refractivity contribution in [2.45, 2.75) is 44.4 Å². The van der Waals surface area contributed by atoms with Crippen molar-refractivity contribution in [3.8, 4) is 0 Å². The number of amides is 1. The number of hydrogen-bond donors (Lipinski definition) is 2. The number of carbonyl (C=O) groups is 1. The monoisotopic (exact) mass is 297 g/mol. The molecule has 5 heteroatoms. The number of benzene rings is 1. The fourth-order valence-electron chi connectivity index (χ4n) is 2.63. The van der Waals surface area contributed by atoms with Gasteiger partial charge in [0.15, 0.2) is 0 Å². The molecule has 1 aliphatic carbocycles. The van der Waals surface area contributed by atoms with Crippen LogP contribution in [0.15, 0.2) is 24.3 Å². The van der Waals surface area contributed by atoms with E-state index in [9.17, 15) is 13.6 Å². The van der Waals surface area contributed by atoms with Crippen LogP contribution in [0.4, 0.5) is 14.5 Å². The fourth-order valence-corrected chi connectivity index (χ4v) is 2.63. The Morgan fingerprint density at radius 2 is 2.05 bits per heavy atom. The van der Waals surface area contributed by atoms with E-state index in [2.05, 4.69) is 5.32 Å². The molecule has 1 saturated carbocycles. The van der Waals surface area contributed by atoms with E-state index < -0.39 is 5.92 Å². The Hall–Kier alpha value is -1.49. The van der Waals surface area contributed by atoms with Gasteiger partial charge in [-0.3, -0.25) is 4.79 Å². The maximum atomic E-state index is 13.1. The second-order valence-electron chi connectivity index (χ2n) is 5.65. The molecule has 1 fully saturated rings. The minimum absolute atomic E-state index is 0.132. The van der Waals surface area contributed by atoms with Crippen LogP contribution in [0.1, 0.15) is 37.7 Å². The molecular formula is C16H21F2NO2. The molecule has 1 aliphatic rings. The highest BCUT2D eigenvalue weighted by Crippen LogP contribution is 2.36. The maximum absolute atomic E-state index is 13.1. The SMILES string of the molecule is O=C(Nc1cccc(CCCO)c1)C1CCC(F)(F)CC1. The van der Waals surface area contributed by atoms with E-state index in [0.29, 0.717) is 12.1 Å². The molecule has 1 aromatic carbocycles. The highest BCUT2D eigenvalue weighted by atomic mass is 19.3. The third kappa shape index (κ3) is 4.77. The number of carbonyl (C=O) groups excluding carboxylic acids is 1. The first-order valence-corrected chi connectivity index (χ1v) is 7.39. The van der Waals surface area contributed by atoms with Crippen LogP contribution in [0.3, 0.4) is 0 Å². The lowest BCUT2D eigenvalue weighted by atomic mass is 9.86. The molecule has 0 spiro atoms. The van der Waals surface area contributed by atoms with E-state index in [1.807, 2.05) is 18.2 Å². The van der Waals surface area contributed by atoms with Crippen molar-refractivity contribution < 1.29 is 18.7 Å². The molecule has 0 unspecified atom stereocenters. The number of aryl methyl sites for hydroxylation is 1. The Balaban J connectivity index is 1.90. The van der Waals surface area contributed by atoms with Gasteiger partial charge >= 0.3 is 0 Å². The van der Waals surface area contributed by atoms with E-state index in [4.69, 9.17) is 5.11 Å². The third-order valence-corrected chi connectivity index (χ3v) is 3.91. The Morgan fingerprint density at radius 3 is 2.71 bits per heavy atom. The summed E-state index contributed by atoms with van der Waals surface area (Å²) in [6.07, 6.45) is 1.49. The average molecular weight is 297 g/mol. The van der Waals surface area contributed by atoms with Crippen LogP contribution < -0.4 is 5.32 Å². The van der Waals surface area contributed by atoms with E-state index in [1.54, 1.807) is 6.07 Å². The smallest absolute Gasteiger partial charge is 0.248 e. The van der Waals surface area contributed by atoms with Gasteiger partial charge in [0.25, 0.3) is 0 Å². The molecule has 0 bridgehead atoms. The number of nitrogens with one attached hydrogen (secondary N) is 1. The van der Waals surface area contributed by atoms with Gasteiger partial charge in [-0.25, -0.2) is 8.78 Å². The van der Waals surface area contributed by atoms with Crippen molar-refractivity contribution in [1.82, 2.24) is 0 Å². The van der Waals surface area contributed by atoms with Crippen LogP contribution >= 0.6 is 0 Å². The summed E-state index contributed by atoms with van der Waals surface area (Å²) in [7, 11) is 0. The van der Waals surface area contributed by atoms with E-state index in [0.717, 1.165) is 12.0 Å². The van der Waals surface area contributed by atoms with Gasteiger partial charge in [0.05, 0.1) is 0 Å². The highest BCUT2D eigenvalue weighted by molar-refractivity contribution is 5.92. The largest absolute Gasteiger partial charge is 0.396 e. The zero-order valence-electron chi connectivity index (χ0n) is 11.9. The molecule has 0 heterocycles. The maximum Gasteiger partial charge on any atom is 0.248 e. The highest BCUT2D eigenvalue weighted by Gasteiger charge is 2.37. The van der Waals surface area contributed by atoms with E-state index in [-0.39, 0.29) is 44.1 Å². The zero-order chi connectivity index (χ0) is 15.3. The van der Waals surface area contributed by atoms with Crippen molar-refractivity contribution >= 4 is 11.6 Å². The number of hydrogen-bond acceptors (Lipinski definition) is 2. The average Bonchev–Trinajstić information content (AvgIpc) is 2.45. The lowest BCUT2D eigenvalue weighted by Gasteiger charge is -2.27. The second-order valence-corrected chi connectivity index (χ2v) is 5.65. The summed E-state index contributed by atoms with van der Waals surface area (Å²) in [5.74, 6) is -3.11. The van der Waals surface area contributed by atoms with Gasteiger partial charge in [0.1, 0.15) is 0 Å². The van der Waals surface area contributed by atoms with Crippen molar-refractivity contribution in [2.24, 2.45) is 5.92 Å². The quantitative estimate of drug-likeness (QED) is 0.875. The van der Waals surface area contributed by atoms with Crippen LogP contribution in [0.2, 0.25) is 0 Å². The van der Waals surface area contributed by atoms with Gasteiger partial charge in [0.2, 0.25) is 11.8 Å². The van der Waals surface area contributed by atoms with Crippen LogP contribution in [0.25, 0.3) is 0 Å². The van der Waals surface area contributed by atoms with Crippen molar-refractivity contribution in [3.05, 3.63) is 29.8 Å². The molecule has 2 rings (SSSR count). The minimum Gasteiger partial charge on any atom is -0.396 e. The van der Waals surface area contributed by atoms with Gasteiger partial charge in [-0.1, -0.05) is 12.1 Å². The summed E-state index contributed by atoms with van der Waals surface area (Å²) in [5, 5.41) is 11.6. The molecule has 0 radical (unpaired) electrons.